The molecule has 0 saturated carbocycles. The second-order valence-corrected chi connectivity index (χ2v) is 8.75. The van der Waals surface area contributed by atoms with Crippen molar-refractivity contribution in [3.8, 4) is 17.2 Å². The van der Waals surface area contributed by atoms with Crippen LogP contribution in [0.5, 0.6) is 0 Å². The highest BCUT2D eigenvalue weighted by atomic mass is 79.9. The van der Waals surface area contributed by atoms with Crippen LogP contribution in [0.3, 0.4) is 0 Å². The van der Waals surface area contributed by atoms with Crippen molar-refractivity contribution >= 4 is 33.5 Å². The maximum absolute atomic E-state index is 11.3. The minimum atomic E-state index is -0.353. The maximum Gasteiger partial charge on any atom is 0.303 e. The summed E-state index contributed by atoms with van der Waals surface area (Å²) in [7, 11) is 0. The summed E-state index contributed by atoms with van der Waals surface area (Å²) in [6.07, 6.45) is 4.81. The Bertz CT molecular complexity index is 1230. The molecular weight excluding hydrogens is 510 g/mol. The first kappa shape index (κ1) is 23.2. The third kappa shape index (κ3) is 5.17. The van der Waals surface area contributed by atoms with Crippen molar-refractivity contribution in [2.45, 2.75) is 46.3 Å². The number of nitrogens with zero attached hydrogens (tertiary/aromatic N) is 6. The molecule has 0 amide bonds. The zero-order chi connectivity index (χ0) is 23.4. The zero-order valence-corrected chi connectivity index (χ0v) is 20.6. The van der Waals surface area contributed by atoms with Crippen molar-refractivity contribution in [2.24, 2.45) is 0 Å². The number of tetrazole rings is 1. The summed E-state index contributed by atoms with van der Waals surface area (Å²) in [5.74, 6) is 1.11. The maximum atomic E-state index is 11.3. The second kappa shape index (κ2) is 10.3. The number of rotatable bonds is 9. The van der Waals surface area contributed by atoms with Crippen molar-refractivity contribution in [1.82, 2.24) is 34.7 Å². The number of unbranched alkanes of at least 4 members (excludes halogenated alkanes) is 1. The quantitative estimate of drug-likeness (QED) is 0.313. The van der Waals surface area contributed by atoms with Crippen molar-refractivity contribution in [3.63, 3.8) is 0 Å². The van der Waals surface area contributed by atoms with Crippen LogP contribution in [0.25, 0.3) is 17.2 Å². The van der Waals surface area contributed by atoms with Gasteiger partial charge in [0.1, 0.15) is 18.1 Å². The summed E-state index contributed by atoms with van der Waals surface area (Å²) in [6, 6.07) is 10.1. The third-order valence-electron chi connectivity index (χ3n) is 5.23. The molecule has 0 atom stereocenters. The molecule has 0 unspecified atom stereocenters. The summed E-state index contributed by atoms with van der Waals surface area (Å²) in [4.78, 5) is 15.9. The number of ether oxygens (including phenoxy) is 1. The highest BCUT2D eigenvalue weighted by Gasteiger charge is 2.18. The van der Waals surface area contributed by atoms with Gasteiger partial charge >= 0.3 is 5.97 Å². The molecule has 1 N–H and O–H groups in total. The van der Waals surface area contributed by atoms with Crippen LogP contribution >= 0.6 is 27.5 Å². The number of esters is 1. The standard InChI is InChI=1S/C22H23BrClN7O2/c1-3-4-5-19-25-21(24)18(13-33-14(2)32)31(19)12-15-6-8-16(9-7-15)30-11-10-17(23)20(30)22-26-28-29-27-22/h6-11H,3-5,12-13H2,1-2H3,(H,26,27,28,29). The molecule has 0 fully saturated rings. The fourth-order valence-electron chi connectivity index (χ4n) is 3.58. The molecule has 33 heavy (non-hydrogen) atoms. The molecule has 0 aliphatic heterocycles. The number of halogens is 2. The zero-order valence-electron chi connectivity index (χ0n) is 18.3. The van der Waals surface area contributed by atoms with Gasteiger partial charge in [0.25, 0.3) is 0 Å². The smallest absolute Gasteiger partial charge is 0.303 e. The Morgan fingerprint density at radius 3 is 2.70 bits per heavy atom. The van der Waals surface area contributed by atoms with E-state index in [0.29, 0.717) is 23.2 Å². The lowest BCUT2D eigenvalue weighted by Gasteiger charge is -2.14. The Labute approximate surface area is 204 Å². The lowest BCUT2D eigenvalue weighted by molar-refractivity contribution is -0.142. The molecule has 0 radical (unpaired) electrons. The van der Waals surface area contributed by atoms with E-state index in [9.17, 15) is 4.79 Å². The minimum absolute atomic E-state index is 0.0946. The lowest BCUT2D eigenvalue weighted by atomic mass is 10.2. The number of aryl methyl sites for hydroxylation is 1. The van der Waals surface area contributed by atoms with E-state index in [0.717, 1.165) is 46.5 Å². The largest absolute Gasteiger partial charge is 0.459 e. The number of H-pyrrole nitrogens is 1. The van der Waals surface area contributed by atoms with Crippen molar-refractivity contribution < 1.29 is 9.53 Å². The predicted octanol–water partition coefficient (Wildman–Crippen LogP) is 4.72. The number of hydrogen-bond acceptors (Lipinski definition) is 6. The average Bonchev–Trinajstić information content (AvgIpc) is 3.51. The number of carbonyl (C=O) groups excluding carboxylic acids is 1. The summed E-state index contributed by atoms with van der Waals surface area (Å²) >= 11 is 9.97. The molecule has 172 valence electrons. The van der Waals surface area contributed by atoms with Gasteiger partial charge in [-0.1, -0.05) is 37.1 Å². The van der Waals surface area contributed by atoms with Crippen LogP contribution in [-0.2, 0) is 29.1 Å². The number of aromatic amines is 1. The van der Waals surface area contributed by atoms with E-state index in [1.54, 1.807) is 0 Å². The summed E-state index contributed by atoms with van der Waals surface area (Å²) in [6.45, 7) is 4.19. The highest BCUT2D eigenvalue weighted by molar-refractivity contribution is 9.10. The molecule has 0 aliphatic carbocycles. The number of nitrogens with one attached hydrogen (secondary N) is 1. The molecule has 4 rings (SSSR count). The molecule has 9 nitrogen and oxygen atoms in total. The summed E-state index contributed by atoms with van der Waals surface area (Å²) in [5, 5.41) is 14.6. The van der Waals surface area contributed by atoms with Gasteiger partial charge in [-0.25, -0.2) is 10.1 Å². The van der Waals surface area contributed by atoms with E-state index in [1.807, 2.05) is 33.5 Å². The Morgan fingerprint density at radius 2 is 2.03 bits per heavy atom. The van der Waals surface area contributed by atoms with Gasteiger partial charge in [-0.2, -0.15) is 0 Å². The number of hydrogen-bond donors (Lipinski definition) is 1. The SMILES string of the molecule is CCCCc1nc(Cl)c(COC(C)=O)n1Cc1ccc(-n2ccc(Br)c2-c2nnn[nH]2)cc1. The van der Waals surface area contributed by atoms with E-state index in [4.69, 9.17) is 16.3 Å². The topological polar surface area (TPSA) is 104 Å². The molecule has 3 heterocycles. The fourth-order valence-corrected chi connectivity index (χ4v) is 4.33. The van der Waals surface area contributed by atoms with Crippen LogP contribution in [-0.4, -0.2) is 40.7 Å². The molecule has 0 bridgehead atoms. The van der Waals surface area contributed by atoms with Gasteiger partial charge in [-0.15, -0.1) is 5.10 Å². The van der Waals surface area contributed by atoms with Gasteiger partial charge in [0.15, 0.2) is 11.0 Å². The Morgan fingerprint density at radius 1 is 1.24 bits per heavy atom. The van der Waals surface area contributed by atoms with Gasteiger partial charge in [-0.3, -0.25) is 4.79 Å². The fraction of sp³-hybridized carbons (Fsp3) is 0.318. The van der Waals surface area contributed by atoms with Crippen LogP contribution in [0.1, 0.15) is 43.8 Å². The van der Waals surface area contributed by atoms with Gasteiger partial charge in [0.2, 0.25) is 0 Å². The minimum Gasteiger partial charge on any atom is -0.459 e. The first-order valence-corrected chi connectivity index (χ1v) is 11.7. The van der Waals surface area contributed by atoms with Crippen molar-refractivity contribution in [2.75, 3.05) is 0 Å². The summed E-state index contributed by atoms with van der Waals surface area (Å²) < 4.78 is 10.2. The van der Waals surface area contributed by atoms with E-state index in [2.05, 4.69) is 60.6 Å². The van der Waals surface area contributed by atoms with Crippen molar-refractivity contribution in [3.05, 3.63) is 63.2 Å². The van der Waals surface area contributed by atoms with Crippen molar-refractivity contribution in [1.29, 1.82) is 0 Å². The van der Waals surface area contributed by atoms with Gasteiger partial charge < -0.3 is 13.9 Å². The van der Waals surface area contributed by atoms with E-state index in [1.165, 1.54) is 6.92 Å². The Hall–Kier alpha value is -2.98. The normalized spacial score (nSPS) is 11.2. The monoisotopic (exact) mass is 531 g/mol. The molecule has 0 saturated heterocycles. The number of benzene rings is 1. The highest BCUT2D eigenvalue weighted by Crippen LogP contribution is 2.29. The number of imidazole rings is 1. The third-order valence-corrected chi connectivity index (χ3v) is 6.17. The first-order valence-electron chi connectivity index (χ1n) is 10.5. The molecule has 0 aliphatic rings. The molecule has 11 heteroatoms. The van der Waals surface area contributed by atoms with Crippen LogP contribution in [0.2, 0.25) is 5.15 Å². The average molecular weight is 533 g/mol. The van der Waals surface area contributed by atoms with Gasteiger partial charge in [-0.05, 0) is 56.5 Å². The lowest BCUT2D eigenvalue weighted by Crippen LogP contribution is -2.11. The van der Waals surface area contributed by atoms with Gasteiger partial charge in [0, 0.05) is 36.2 Å². The van der Waals surface area contributed by atoms with Gasteiger partial charge in [0.05, 0.1) is 5.69 Å². The van der Waals surface area contributed by atoms with E-state index < -0.39 is 0 Å². The van der Waals surface area contributed by atoms with Crippen LogP contribution < -0.4 is 0 Å². The van der Waals surface area contributed by atoms with E-state index >= 15 is 0 Å². The Kier molecular flexibility index (Phi) is 7.24. The number of aromatic nitrogens is 7. The second-order valence-electron chi connectivity index (χ2n) is 7.53. The molecular formula is C22H23BrClN7O2. The molecule has 0 spiro atoms. The van der Waals surface area contributed by atoms with Crippen LogP contribution in [0.15, 0.2) is 41.0 Å². The van der Waals surface area contributed by atoms with Crippen LogP contribution in [0.4, 0.5) is 0 Å². The van der Waals surface area contributed by atoms with E-state index in [-0.39, 0.29) is 12.6 Å². The molecule has 3 aromatic heterocycles. The predicted molar refractivity (Wildman–Crippen MR) is 127 cm³/mol. The molecule has 4 aromatic rings. The first-order chi connectivity index (χ1) is 16.0. The summed E-state index contributed by atoms with van der Waals surface area (Å²) in [5.41, 5.74) is 3.57. The number of carbonyl (C=O) groups is 1. The van der Waals surface area contributed by atoms with Crippen LogP contribution in [0, 0.1) is 0 Å². The Balaban J connectivity index is 1.62. The molecule has 1 aromatic carbocycles.